The fraction of sp³-hybridized carbons (Fsp3) is 0.238. The van der Waals surface area contributed by atoms with Gasteiger partial charge in [0.05, 0.1) is 10.9 Å². The SMILES string of the molecule is CC(=O)C(C)O[n+]1ccc2c(C)c3[nH]c4ccc(O)cc4c3c(C)c2c1.[Br-]. The summed E-state index contributed by atoms with van der Waals surface area (Å²) in [5.41, 5.74) is 4.31. The van der Waals surface area contributed by atoms with E-state index in [9.17, 15) is 9.90 Å². The number of ketones is 1. The van der Waals surface area contributed by atoms with Gasteiger partial charge in [-0.25, -0.2) is 0 Å². The molecule has 1 unspecified atom stereocenters. The number of fused-ring (bicyclic) bond motifs is 4. The van der Waals surface area contributed by atoms with Crippen molar-refractivity contribution in [2.75, 3.05) is 0 Å². The molecular weight excluding hydrogens is 408 g/mol. The van der Waals surface area contributed by atoms with E-state index in [-0.39, 0.29) is 28.5 Å². The summed E-state index contributed by atoms with van der Waals surface area (Å²) in [7, 11) is 0. The minimum atomic E-state index is -0.507. The second-order valence-electron chi connectivity index (χ2n) is 6.85. The largest absolute Gasteiger partial charge is 1.00 e. The lowest BCUT2D eigenvalue weighted by Gasteiger charge is -2.09. The monoisotopic (exact) mass is 428 g/mol. The fourth-order valence-electron chi connectivity index (χ4n) is 3.55. The van der Waals surface area contributed by atoms with Crippen LogP contribution < -0.4 is 26.5 Å². The Kier molecular flexibility index (Phi) is 4.86. The Labute approximate surface area is 167 Å². The molecule has 2 heterocycles. The number of aryl methyl sites for hydroxylation is 2. The summed E-state index contributed by atoms with van der Waals surface area (Å²) < 4.78 is 1.60. The van der Waals surface area contributed by atoms with Crippen LogP contribution in [0, 0.1) is 13.8 Å². The number of carbonyl (C=O) groups is 1. The summed E-state index contributed by atoms with van der Waals surface area (Å²) in [4.78, 5) is 20.7. The third kappa shape index (κ3) is 3.04. The highest BCUT2D eigenvalue weighted by Crippen LogP contribution is 2.36. The van der Waals surface area contributed by atoms with E-state index >= 15 is 0 Å². The quantitative estimate of drug-likeness (QED) is 0.466. The number of Topliss-reactive ketones (excluding diaryl/α,β-unsaturated/α-hetero) is 1. The molecule has 0 fully saturated rings. The first-order valence-electron chi connectivity index (χ1n) is 8.63. The average Bonchev–Trinajstić information content (AvgIpc) is 2.98. The summed E-state index contributed by atoms with van der Waals surface area (Å²) >= 11 is 0. The van der Waals surface area contributed by atoms with Gasteiger partial charge in [0.15, 0.2) is 5.78 Å². The summed E-state index contributed by atoms with van der Waals surface area (Å²) in [6.07, 6.45) is 3.24. The van der Waals surface area contributed by atoms with Crippen molar-refractivity contribution < 1.29 is 36.5 Å². The number of nitrogens with zero attached hydrogens (tertiary/aromatic N) is 1. The molecule has 5 nitrogen and oxygen atoms in total. The van der Waals surface area contributed by atoms with E-state index in [1.807, 2.05) is 24.5 Å². The standard InChI is InChI=1S/C21H20N2O3.BrH/c1-11-18-10-23(26-14(4)13(3)24)8-7-16(18)12(2)21-20(11)17-9-15(25)5-6-19(17)22-21;/h5-10,14,25H,1-4H3;1H. The first kappa shape index (κ1) is 19.2. The number of aromatic amines is 1. The molecule has 0 bridgehead atoms. The van der Waals surface area contributed by atoms with Gasteiger partial charge in [-0.2, -0.15) is 0 Å². The smallest absolute Gasteiger partial charge is 0.230 e. The van der Waals surface area contributed by atoms with Crippen LogP contribution in [0.5, 0.6) is 5.75 Å². The fourth-order valence-corrected chi connectivity index (χ4v) is 3.55. The number of phenols is 1. The van der Waals surface area contributed by atoms with Crippen molar-refractivity contribution in [1.29, 1.82) is 0 Å². The Hall–Kier alpha value is -2.60. The molecule has 4 rings (SSSR count). The molecule has 0 aliphatic heterocycles. The molecule has 0 amide bonds. The van der Waals surface area contributed by atoms with Gasteiger partial charge in [0.25, 0.3) is 0 Å². The molecule has 4 aromatic rings. The summed E-state index contributed by atoms with van der Waals surface area (Å²) in [5.74, 6) is 0.227. The van der Waals surface area contributed by atoms with Crippen LogP contribution in [0.15, 0.2) is 36.7 Å². The Morgan fingerprint density at radius 1 is 1.15 bits per heavy atom. The van der Waals surface area contributed by atoms with Crippen LogP contribution in [0.25, 0.3) is 32.6 Å². The predicted molar refractivity (Wildman–Crippen MR) is 101 cm³/mol. The number of hydrogen-bond acceptors (Lipinski definition) is 3. The predicted octanol–water partition coefficient (Wildman–Crippen LogP) is 0.494. The van der Waals surface area contributed by atoms with Gasteiger partial charge in [-0.05, 0) is 62.4 Å². The zero-order chi connectivity index (χ0) is 18.6. The van der Waals surface area contributed by atoms with Gasteiger partial charge in [0.1, 0.15) is 5.75 Å². The summed E-state index contributed by atoms with van der Waals surface area (Å²) in [6, 6.07) is 7.38. The van der Waals surface area contributed by atoms with Crippen LogP contribution in [-0.2, 0) is 4.79 Å². The second kappa shape index (κ2) is 6.85. The van der Waals surface area contributed by atoms with Gasteiger partial charge in [-0.3, -0.25) is 9.63 Å². The van der Waals surface area contributed by atoms with Gasteiger partial charge in [0, 0.05) is 27.1 Å². The number of H-pyrrole nitrogens is 1. The van der Waals surface area contributed by atoms with Gasteiger partial charge < -0.3 is 27.1 Å². The van der Waals surface area contributed by atoms with Crippen LogP contribution in [0.3, 0.4) is 0 Å². The molecule has 2 aromatic heterocycles. The van der Waals surface area contributed by atoms with Crippen LogP contribution in [0.1, 0.15) is 25.0 Å². The first-order valence-corrected chi connectivity index (χ1v) is 8.63. The summed E-state index contributed by atoms with van der Waals surface area (Å²) in [6.45, 7) is 7.41. The normalized spacial score (nSPS) is 12.3. The Balaban J connectivity index is 0.00000210. The molecule has 0 radical (unpaired) electrons. The lowest BCUT2D eigenvalue weighted by molar-refractivity contribution is -0.894. The molecule has 0 saturated heterocycles. The van der Waals surface area contributed by atoms with E-state index in [0.717, 1.165) is 43.7 Å². The zero-order valence-corrected chi connectivity index (χ0v) is 17.2. The van der Waals surface area contributed by atoms with Gasteiger partial charge in [-0.15, -0.1) is 0 Å². The lowest BCUT2D eigenvalue weighted by Crippen LogP contribution is -3.00. The number of halogens is 1. The Morgan fingerprint density at radius 2 is 1.89 bits per heavy atom. The lowest BCUT2D eigenvalue weighted by atomic mass is 9.97. The molecule has 6 heteroatoms. The molecule has 0 aliphatic rings. The number of benzene rings is 2. The maximum absolute atomic E-state index is 11.5. The minimum absolute atomic E-state index is 0. The third-order valence-corrected chi connectivity index (χ3v) is 5.13. The minimum Gasteiger partial charge on any atom is -1.00 e. The molecule has 2 N–H and O–H groups in total. The molecule has 140 valence electrons. The Morgan fingerprint density at radius 3 is 2.59 bits per heavy atom. The molecule has 1 atom stereocenters. The van der Waals surface area contributed by atoms with Crippen molar-refractivity contribution in [3.63, 3.8) is 0 Å². The van der Waals surface area contributed by atoms with Crippen molar-refractivity contribution in [2.45, 2.75) is 33.8 Å². The van der Waals surface area contributed by atoms with Gasteiger partial charge >= 0.3 is 0 Å². The number of aromatic hydroxyl groups is 1. The third-order valence-electron chi connectivity index (χ3n) is 5.13. The molecule has 2 aromatic carbocycles. The molecule has 0 spiro atoms. The van der Waals surface area contributed by atoms with Gasteiger partial charge in [0.2, 0.25) is 18.5 Å². The topological polar surface area (TPSA) is 66.2 Å². The van der Waals surface area contributed by atoms with Crippen molar-refractivity contribution in [2.24, 2.45) is 0 Å². The number of rotatable bonds is 3. The van der Waals surface area contributed by atoms with Crippen molar-refractivity contribution >= 4 is 38.4 Å². The maximum atomic E-state index is 11.5. The van der Waals surface area contributed by atoms with E-state index in [1.54, 1.807) is 23.8 Å². The average molecular weight is 429 g/mol. The number of phenolic OH excluding ortho intramolecular Hbond substituents is 1. The highest BCUT2D eigenvalue weighted by molar-refractivity contribution is 6.16. The number of aromatic nitrogens is 2. The highest BCUT2D eigenvalue weighted by atomic mass is 79.9. The van der Waals surface area contributed by atoms with E-state index in [2.05, 4.69) is 18.8 Å². The second-order valence-corrected chi connectivity index (χ2v) is 6.85. The highest BCUT2D eigenvalue weighted by Gasteiger charge is 2.19. The van der Waals surface area contributed by atoms with Crippen LogP contribution in [-0.4, -0.2) is 22.0 Å². The zero-order valence-electron chi connectivity index (χ0n) is 15.6. The van der Waals surface area contributed by atoms with Crippen LogP contribution in [0.2, 0.25) is 0 Å². The number of pyridine rings is 1. The first-order chi connectivity index (χ1) is 12.4. The number of hydrogen-bond donors (Lipinski definition) is 2. The number of carbonyl (C=O) groups excluding carboxylic acids is 1. The van der Waals surface area contributed by atoms with Crippen LogP contribution in [0.4, 0.5) is 0 Å². The summed E-state index contributed by atoms with van der Waals surface area (Å²) in [5, 5.41) is 14.2. The van der Waals surface area contributed by atoms with Crippen molar-refractivity contribution in [3.8, 4) is 5.75 Å². The van der Waals surface area contributed by atoms with Crippen LogP contribution >= 0.6 is 0 Å². The molecular formula is C21H21BrN2O3. The van der Waals surface area contributed by atoms with E-state index < -0.39 is 6.10 Å². The van der Waals surface area contributed by atoms with E-state index in [1.165, 1.54) is 6.92 Å². The van der Waals surface area contributed by atoms with Crippen molar-refractivity contribution in [3.05, 3.63) is 47.8 Å². The van der Waals surface area contributed by atoms with E-state index in [4.69, 9.17) is 4.84 Å². The maximum Gasteiger partial charge on any atom is 0.230 e. The Bertz CT molecular complexity index is 1200. The molecule has 0 aliphatic carbocycles. The number of nitrogens with one attached hydrogen (secondary N) is 1. The van der Waals surface area contributed by atoms with Gasteiger partial charge in [-0.1, -0.05) is 0 Å². The molecule has 27 heavy (non-hydrogen) atoms. The molecule has 0 saturated carbocycles. The van der Waals surface area contributed by atoms with E-state index in [0.29, 0.717) is 0 Å². The van der Waals surface area contributed by atoms with Crippen molar-refractivity contribution in [1.82, 2.24) is 4.98 Å².